The Kier molecular flexibility index (Phi) is 21.9. The van der Waals surface area contributed by atoms with Crippen molar-refractivity contribution in [3.05, 3.63) is 77.9 Å². The summed E-state index contributed by atoms with van der Waals surface area (Å²) < 4.78 is 0. The predicted octanol–water partition coefficient (Wildman–Crippen LogP) is 3.93. The van der Waals surface area contributed by atoms with E-state index in [1.54, 1.807) is 0 Å². The van der Waals surface area contributed by atoms with E-state index in [1.807, 2.05) is 67.7 Å². The number of nitrogens with two attached hydrogens (primary N) is 1. The van der Waals surface area contributed by atoms with Gasteiger partial charge >= 0.3 is 0 Å². The first kappa shape index (κ1) is 29.1. The van der Waals surface area contributed by atoms with Crippen LogP contribution in [0.1, 0.15) is 31.9 Å². The van der Waals surface area contributed by atoms with E-state index in [0.29, 0.717) is 5.54 Å². The van der Waals surface area contributed by atoms with Gasteiger partial charge in [0.25, 0.3) is 0 Å². The molecule has 2 rings (SSSR count). The fraction of sp³-hybridized carbons (Fsp3) is 0.300. The van der Waals surface area contributed by atoms with Crippen molar-refractivity contribution < 1.29 is 65.4 Å². The van der Waals surface area contributed by atoms with Crippen LogP contribution in [0.4, 0.5) is 0 Å². The predicted molar refractivity (Wildman–Crippen MR) is 97.5 cm³/mol. The standard InChI is InChI=1S/C14H10.C5H13N.CH5N.2Y/c1-3-7-13(8-4-1)11-12-14-9-5-2-6-10-14;1-5(2,3)6-4;1-2;;/h1-9,12H;6H,1-4H3;2H2,1H3;;/q-2;;;;. The summed E-state index contributed by atoms with van der Waals surface area (Å²) in [4.78, 5) is 0. The molecule has 2 aromatic carbocycles. The Morgan fingerprint density at radius 2 is 1.46 bits per heavy atom. The molecule has 0 amide bonds. The summed E-state index contributed by atoms with van der Waals surface area (Å²) in [5, 5.41) is 3.10. The molecule has 2 aromatic rings. The molecule has 0 aromatic heterocycles. The van der Waals surface area contributed by atoms with Crippen LogP contribution in [0.25, 0.3) is 6.08 Å². The summed E-state index contributed by atoms with van der Waals surface area (Å²) in [6.45, 7) is 6.40. The van der Waals surface area contributed by atoms with Crippen LogP contribution in [-0.2, 0) is 65.4 Å². The zero-order valence-corrected chi connectivity index (χ0v) is 21.2. The van der Waals surface area contributed by atoms with E-state index in [4.69, 9.17) is 0 Å². The van der Waals surface area contributed by atoms with Crippen molar-refractivity contribution in [2.45, 2.75) is 26.3 Å². The van der Waals surface area contributed by atoms with Gasteiger partial charge in [-0.25, -0.2) is 11.6 Å². The van der Waals surface area contributed by atoms with Crippen molar-refractivity contribution in [2.75, 3.05) is 14.1 Å². The molecular formula is C20H28N2Y2-2. The molecule has 0 saturated heterocycles. The third-order valence-electron chi connectivity index (χ3n) is 2.65. The molecule has 0 spiro atoms. The van der Waals surface area contributed by atoms with Gasteiger partial charge in [-0.15, -0.1) is 30.3 Å². The van der Waals surface area contributed by atoms with Gasteiger partial charge in [-0.3, -0.25) is 0 Å². The molecular weight excluding hydrogens is 446 g/mol. The quantitative estimate of drug-likeness (QED) is 0.512. The van der Waals surface area contributed by atoms with Crippen LogP contribution in [0.3, 0.4) is 0 Å². The van der Waals surface area contributed by atoms with Crippen molar-refractivity contribution in [3.63, 3.8) is 0 Å². The smallest absolute Gasteiger partial charge is 0.00935 e. The molecule has 0 aliphatic heterocycles. The summed E-state index contributed by atoms with van der Waals surface area (Å²) in [6, 6.07) is 21.0. The fourth-order valence-corrected chi connectivity index (χ4v) is 1.19. The number of hydrogen-bond donors (Lipinski definition) is 2. The van der Waals surface area contributed by atoms with E-state index in [1.165, 1.54) is 7.05 Å². The van der Waals surface area contributed by atoms with Gasteiger partial charge in [0.05, 0.1) is 0 Å². The largest absolute Gasteiger partial charge is 0.333 e. The number of benzene rings is 2. The molecule has 2 radical (unpaired) electrons. The van der Waals surface area contributed by atoms with E-state index in [-0.39, 0.29) is 65.4 Å². The maximum Gasteiger partial charge on any atom is 0.00935 e. The van der Waals surface area contributed by atoms with E-state index in [9.17, 15) is 0 Å². The fourth-order valence-electron chi connectivity index (χ4n) is 1.19. The molecule has 3 N–H and O–H groups in total. The zero-order chi connectivity index (χ0) is 16.8. The van der Waals surface area contributed by atoms with E-state index in [0.717, 1.165) is 11.1 Å². The summed E-state index contributed by atoms with van der Waals surface area (Å²) in [5.41, 5.74) is 6.93. The summed E-state index contributed by atoms with van der Waals surface area (Å²) in [7, 11) is 3.46. The van der Waals surface area contributed by atoms with Crippen molar-refractivity contribution in [2.24, 2.45) is 5.73 Å². The average Bonchev–Trinajstić information content (AvgIpc) is 2.57. The monoisotopic (exact) mass is 474 g/mol. The minimum Gasteiger partial charge on any atom is -0.333 e. The van der Waals surface area contributed by atoms with E-state index in [2.05, 4.69) is 44.0 Å². The van der Waals surface area contributed by atoms with E-state index >= 15 is 0 Å². The molecule has 0 saturated carbocycles. The molecule has 126 valence electrons. The van der Waals surface area contributed by atoms with Crippen LogP contribution < -0.4 is 11.1 Å². The van der Waals surface area contributed by atoms with Crippen LogP contribution in [0.15, 0.2) is 54.6 Å². The Bertz CT molecular complexity index is 465. The Labute approximate surface area is 198 Å². The average molecular weight is 474 g/mol. The molecule has 0 aliphatic carbocycles. The molecule has 24 heavy (non-hydrogen) atoms. The van der Waals surface area contributed by atoms with Crippen LogP contribution in [-0.4, -0.2) is 19.6 Å². The Balaban J connectivity index is -0.000000383. The molecule has 0 fully saturated rings. The maximum absolute atomic E-state index is 4.50. The minimum absolute atomic E-state index is 0. The second kappa shape index (κ2) is 18.1. The molecule has 0 unspecified atom stereocenters. The third-order valence-corrected chi connectivity index (χ3v) is 2.65. The van der Waals surface area contributed by atoms with Crippen LogP contribution >= 0.6 is 0 Å². The van der Waals surface area contributed by atoms with Crippen molar-refractivity contribution in [3.8, 4) is 0 Å². The van der Waals surface area contributed by atoms with E-state index < -0.39 is 0 Å². The SMILES string of the molecule is CN.CNC(C)(C)C.[C-](=Cc1[c-]cccc1)c1ccccc1.[Y].[Y]. The normalized spacial score (nSPS) is 9.42. The van der Waals surface area contributed by atoms with Crippen LogP contribution in [0.5, 0.6) is 0 Å². The summed E-state index contributed by atoms with van der Waals surface area (Å²) in [6.07, 6.45) is 5.14. The van der Waals surface area contributed by atoms with Gasteiger partial charge < -0.3 is 11.1 Å². The molecule has 0 atom stereocenters. The summed E-state index contributed by atoms with van der Waals surface area (Å²) in [5.74, 6) is 0. The second-order valence-electron chi connectivity index (χ2n) is 5.47. The first-order valence-electron chi connectivity index (χ1n) is 7.39. The van der Waals surface area contributed by atoms with Gasteiger partial charge in [-0.1, -0.05) is 6.07 Å². The second-order valence-corrected chi connectivity index (χ2v) is 5.47. The topological polar surface area (TPSA) is 38.0 Å². The van der Waals surface area contributed by atoms with Crippen LogP contribution in [0.2, 0.25) is 0 Å². The van der Waals surface area contributed by atoms with Crippen molar-refractivity contribution >= 4 is 6.08 Å². The van der Waals surface area contributed by atoms with Crippen molar-refractivity contribution in [1.82, 2.24) is 5.32 Å². The van der Waals surface area contributed by atoms with Gasteiger partial charge in [-0.05, 0) is 34.9 Å². The molecule has 0 heterocycles. The Morgan fingerprint density at radius 3 is 1.88 bits per heavy atom. The molecule has 2 nitrogen and oxygen atoms in total. The van der Waals surface area contributed by atoms with Gasteiger partial charge in [0, 0.05) is 71.0 Å². The van der Waals surface area contributed by atoms with Gasteiger partial charge in [0.1, 0.15) is 0 Å². The van der Waals surface area contributed by atoms with Crippen molar-refractivity contribution in [1.29, 1.82) is 0 Å². The van der Waals surface area contributed by atoms with Gasteiger partial charge in [0.15, 0.2) is 0 Å². The number of nitrogens with one attached hydrogen (secondary N) is 1. The third kappa shape index (κ3) is 17.1. The first-order chi connectivity index (χ1) is 10.5. The minimum atomic E-state index is 0. The molecule has 0 aliphatic rings. The molecule has 4 heteroatoms. The summed E-state index contributed by atoms with van der Waals surface area (Å²) >= 11 is 0. The first-order valence-corrected chi connectivity index (χ1v) is 7.39. The molecule has 0 bridgehead atoms. The van der Waals surface area contributed by atoms with Gasteiger partial charge in [-0.2, -0.15) is 35.9 Å². The maximum atomic E-state index is 4.50. The van der Waals surface area contributed by atoms with Crippen LogP contribution in [0, 0.1) is 12.1 Å². The van der Waals surface area contributed by atoms with Gasteiger partial charge in [0.2, 0.25) is 0 Å². The Hall–Kier alpha value is 0.308. The number of rotatable bonds is 2. The number of hydrogen-bond acceptors (Lipinski definition) is 2. The Morgan fingerprint density at radius 1 is 0.958 bits per heavy atom. The zero-order valence-electron chi connectivity index (χ0n) is 15.5.